The highest BCUT2D eigenvalue weighted by Crippen LogP contribution is 2.22. The van der Waals surface area contributed by atoms with Gasteiger partial charge in [0, 0.05) is 29.5 Å². The van der Waals surface area contributed by atoms with E-state index in [2.05, 4.69) is 10.3 Å². The fourth-order valence-electron chi connectivity index (χ4n) is 2.40. The summed E-state index contributed by atoms with van der Waals surface area (Å²) in [6.07, 6.45) is 5.04. The van der Waals surface area contributed by atoms with E-state index >= 15 is 0 Å². The maximum Gasteiger partial charge on any atom is 0.263 e. The Morgan fingerprint density at radius 1 is 1.23 bits per heavy atom. The first-order valence-corrected chi connectivity index (χ1v) is 8.52. The van der Waals surface area contributed by atoms with Crippen LogP contribution in [0.4, 0.5) is 0 Å². The third-order valence-electron chi connectivity index (χ3n) is 3.79. The van der Waals surface area contributed by atoms with Gasteiger partial charge in [0.1, 0.15) is 11.5 Å². The molecular formula is C20H19ClN2O3. The Hall–Kier alpha value is -2.79. The van der Waals surface area contributed by atoms with Crippen LogP contribution in [0, 0.1) is 0 Å². The van der Waals surface area contributed by atoms with Gasteiger partial charge in [-0.15, -0.1) is 0 Å². The lowest BCUT2D eigenvalue weighted by atomic mass is 10.1. The number of ether oxygens (including phenoxy) is 1. The topological polar surface area (TPSA) is 64.4 Å². The van der Waals surface area contributed by atoms with Crippen LogP contribution in [-0.2, 0) is 11.3 Å². The summed E-state index contributed by atoms with van der Waals surface area (Å²) in [6.45, 7) is 3.77. The molecule has 1 N–H and O–H groups in total. The third-order valence-corrected chi connectivity index (χ3v) is 4.04. The lowest BCUT2D eigenvalue weighted by Gasteiger charge is -2.25. The minimum atomic E-state index is -1.03. The first kappa shape index (κ1) is 18.0. The van der Waals surface area contributed by atoms with E-state index in [1.165, 1.54) is 0 Å². The fourth-order valence-corrected chi connectivity index (χ4v) is 2.53. The minimum absolute atomic E-state index is 0.226. The van der Waals surface area contributed by atoms with E-state index in [1.807, 2.05) is 18.2 Å². The molecule has 0 spiro atoms. The Kier molecular flexibility index (Phi) is 5.28. The maximum absolute atomic E-state index is 12.5. The Morgan fingerprint density at radius 2 is 2.00 bits per heavy atom. The highest BCUT2D eigenvalue weighted by Gasteiger charge is 2.29. The lowest BCUT2D eigenvalue weighted by Crippen LogP contribution is -2.46. The van der Waals surface area contributed by atoms with Gasteiger partial charge in [0.05, 0.1) is 6.26 Å². The number of rotatable bonds is 6. The van der Waals surface area contributed by atoms with Crippen LogP contribution in [-0.4, -0.2) is 16.5 Å². The SMILES string of the molecule is CC(C)(Oc1ccc(Cl)cc1)C(=O)NCc1cncc(-c2ccco2)c1. The summed E-state index contributed by atoms with van der Waals surface area (Å²) in [5.74, 6) is 1.09. The Morgan fingerprint density at radius 3 is 2.69 bits per heavy atom. The number of amides is 1. The number of carbonyl (C=O) groups is 1. The monoisotopic (exact) mass is 370 g/mol. The lowest BCUT2D eigenvalue weighted by molar-refractivity contribution is -0.134. The third kappa shape index (κ3) is 4.43. The summed E-state index contributed by atoms with van der Waals surface area (Å²) in [7, 11) is 0. The second kappa shape index (κ2) is 7.62. The predicted octanol–water partition coefficient (Wildman–Crippen LogP) is 4.47. The zero-order valence-corrected chi connectivity index (χ0v) is 15.3. The first-order chi connectivity index (χ1) is 12.4. The zero-order valence-electron chi connectivity index (χ0n) is 14.5. The summed E-state index contributed by atoms with van der Waals surface area (Å²) >= 11 is 5.87. The fraction of sp³-hybridized carbons (Fsp3) is 0.200. The predicted molar refractivity (Wildman–Crippen MR) is 99.9 cm³/mol. The quantitative estimate of drug-likeness (QED) is 0.695. The molecule has 3 rings (SSSR count). The highest BCUT2D eigenvalue weighted by molar-refractivity contribution is 6.30. The van der Waals surface area contributed by atoms with Gasteiger partial charge < -0.3 is 14.5 Å². The maximum atomic E-state index is 12.5. The molecule has 0 unspecified atom stereocenters. The van der Waals surface area contributed by atoms with Crippen molar-refractivity contribution in [2.45, 2.75) is 26.0 Å². The molecule has 0 fully saturated rings. The van der Waals surface area contributed by atoms with E-state index in [1.54, 1.807) is 56.8 Å². The van der Waals surface area contributed by atoms with Gasteiger partial charge in [-0.2, -0.15) is 0 Å². The number of nitrogens with zero attached hydrogens (tertiary/aromatic N) is 1. The normalized spacial score (nSPS) is 11.2. The molecule has 5 nitrogen and oxygen atoms in total. The Labute approximate surface area is 157 Å². The Balaban J connectivity index is 1.62. The molecule has 0 aliphatic rings. The summed E-state index contributed by atoms with van der Waals surface area (Å²) in [5.41, 5.74) is 0.702. The number of furan rings is 1. The van der Waals surface area contributed by atoms with Gasteiger partial charge in [-0.3, -0.25) is 9.78 Å². The molecule has 0 aliphatic heterocycles. The van der Waals surface area contributed by atoms with Crippen molar-refractivity contribution in [3.8, 4) is 17.1 Å². The summed E-state index contributed by atoms with van der Waals surface area (Å²) in [4.78, 5) is 16.7. The van der Waals surface area contributed by atoms with Crippen LogP contribution in [0.1, 0.15) is 19.4 Å². The molecule has 0 saturated carbocycles. The average Bonchev–Trinajstić information content (AvgIpc) is 3.16. The number of aromatic nitrogens is 1. The number of hydrogen-bond acceptors (Lipinski definition) is 4. The first-order valence-electron chi connectivity index (χ1n) is 8.15. The molecule has 6 heteroatoms. The molecule has 0 radical (unpaired) electrons. The summed E-state index contributed by atoms with van der Waals surface area (Å²) < 4.78 is 11.2. The number of benzene rings is 1. The van der Waals surface area contributed by atoms with Gasteiger partial charge in [-0.1, -0.05) is 11.6 Å². The van der Waals surface area contributed by atoms with Crippen molar-refractivity contribution in [3.05, 3.63) is 71.7 Å². The number of carbonyl (C=O) groups excluding carboxylic acids is 1. The highest BCUT2D eigenvalue weighted by atomic mass is 35.5. The van der Waals surface area contributed by atoms with E-state index in [0.29, 0.717) is 17.3 Å². The molecule has 26 heavy (non-hydrogen) atoms. The van der Waals surface area contributed by atoms with Crippen LogP contribution in [0.15, 0.2) is 65.5 Å². The average molecular weight is 371 g/mol. The van der Waals surface area contributed by atoms with Crippen molar-refractivity contribution in [1.82, 2.24) is 10.3 Å². The van der Waals surface area contributed by atoms with Crippen molar-refractivity contribution < 1.29 is 13.9 Å². The molecule has 2 heterocycles. The smallest absolute Gasteiger partial charge is 0.263 e. The largest absolute Gasteiger partial charge is 0.478 e. The number of hydrogen-bond donors (Lipinski definition) is 1. The number of halogens is 1. The van der Waals surface area contributed by atoms with Gasteiger partial charge in [0.2, 0.25) is 0 Å². The molecule has 0 aliphatic carbocycles. The van der Waals surface area contributed by atoms with E-state index in [-0.39, 0.29) is 5.91 Å². The molecule has 1 aromatic carbocycles. The van der Waals surface area contributed by atoms with Crippen LogP contribution in [0.25, 0.3) is 11.3 Å². The molecule has 0 atom stereocenters. The second-order valence-corrected chi connectivity index (χ2v) is 6.74. The van der Waals surface area contributed by atoms with Crippen molar-refractivity contribution in [1.29, 1.82) is 0 Å². The molecule has 3 aromatic rings. The minimum Gasteiger partial charge on any atom is -0.478 e. The molecule has 1 amide bonds. The van der Waals surface area contributed by atoms with Crippen molar-refractivity contribution in [3.63, 3.8) is 0 Å². The van der Waals surface area contributed by atoms with Crippen molar-refractivity contribution in [2.24, 2.45) is 0 Å². The van der Waals surface area contributed by atoms with Crippen molar-refractivity contribution in [2.75, 3.05) is 0 Å². The molecular weight excluding hydrogens is 352 g/mol. The zero-order chi connectivity index (χ0) is 18.6. The molecule has 134 valence electrons. The van der Waals surface area contributed by atoms with Gasteiger partial charge in [-0.25, -0.2) is 0 Å². The van der Waals surface area contributed by atoms with Crippen LogP contribution in [0.3, 0.4) is 0 Å². The van der Waals surface area contributed by atoms with E-state index in [0.717, 1.165) is 16.9 Å². The van der Waals surface area contributed by atoms with Crippen LogP contribution < -0.4 is 10.1 Å². The molecule has 0 saturated heterocycles. The number of nitrogens with one attached hydrogen (secondary N) is 1. The van der Waals surface area contributed by atoms with Crippen LogP contribution in [0.5, 0.6) is 5.75 Å². The van der Waals surface area contributed by atoms with E-state index < -0.39 is 5.60 Å². The van der Waals surface area contributed by atoms with Crippen LogP contribution >= 0.6 is 11.6 Å². The van der Waals surface area contributed by atoms with Gasteiger partial charge in [0.15, 0.2) is 5.60 Å². The van der Waals surface area contributed by atoms with Crippen LogP contribution in [0.2, 0.25) is 5.02 Å². The second-order valence-electron chi connectivity index (χ2n) is 6.31. The standard InChI is InChI=1S/C20H19ClN2O3/c1-20(2,26-17-7-5-16(21)6-8-17)19(24)23-12-14-10-15(13-22-11-14)18-4-3-9-25-18/h3-11,13H,12H2,1-2H3,(H,23,24). The Bertz CT molecular complexity index is 874. The van der Waals surface area contributed by atoms with E-state index in [9.17, 15) is 4.79 Å². The van der Waals surface area contributed by atoms with Gasteiger partial charge >= 0.3 is 0 Å². The van der Waals surface area contributed by atoms with Gasteiger partial charge in [-0.05, 0) is 61.9 Å². The number of pyridine rings is 1. The molecule has 2 aromatic heterocycles. The van der Waals surface area contributed by atoms with Crippen molar-refractivity contribution >= 4 is 17.5 Å². The summed E-state index contributed by atoms with van der Waals surface area (Å²) in [6, 6.07) is 12.5. The van der Waals surface area contributed by atoms with Gasteiger partial charge in [0.25, 0.3) is 5.91 Å². The van der Waals surface area contributed by atoms with E-state index in [4.69, 9.17) is 20.8 Å². The summed E-state index contributed by atoms with van der Waals surface area (Å²) in [5, 5.41) is 3.50. The molecule has 0 bridgehead atoms.